The highest BCUT2D eigenvalue weighted by Gasteiger charge is 2.33. The van der Waals surface area contributed by atoms with Gasteiger partial charge in [-0.15, -0.1) is 0 Å². The molecule has 1 N–H and O–H groups in total. The molecule has 1 unspecified atom stereocenters. The van der Waals surface area contributed by atoms with E-state index in [1.165, 1.54) is 0 Å². The van der Waals surface area contributed by atoms with Crippen molar-refractivity contribution in [1.82, 2.24) is 9.80 Å². The molecule has 0 aliphatic carbocycles. The zero-order valence-corrected chi connectivity index (χ0v) is 14.5. The van der Waals surface area contributed by atoms with Crippen molar-refractivity contribution in [3.05, 3.63) is 0 Å². The fourth-order valence-electron chi connectivity index (χ4n) is 3.21. The van der Waals surface area contributed by atoms with E-state index in [9.17, 15) is 9.59 Å². The summed E-state index contributed by atoms with van der Waals surface area (Å²) in [6.07, 6.45) is 2.65. The van der Waals surface area contributed by atoms with Crippen LogP contribution in [0.25, 0.3) is 0 Å². The zero-order chi connectivity index (χ0) is 16.7. The predicted molar refractivity (Wildman–Crippen MR) is 87.7 cm³/mol. The standard InChI is InChI=1S/C17H32N2O3/c1-13(2)11-18(12-14(3)4)9-6-8-16(20)19-10-5-7-15(19)17(21)22/h13-15H,5-12H2,1-4H3,(H,21,22). The van der Waals surface area contributed by atoms with Gasteiger partial charge in [0.15, 0.2) is 0 Å². The zero-order valence-electron chi connectivity index (χ0n) is 14.5. The molecule has 1 aliphatic rings. The van der Waals surface area contributed by atoms with Gasteiger partial charge >= 0.3 is 5.97 Å². The van der Waals surface area contributed by atoms with Gasteiger partial charge in [-0.25, -0.2) is 4.79 Å². The van der Waals surface area contributed by atoms with Crippen LogP contribution in [-0.4, -0.2) is 59.0 Å². The first-order valence-electron chi connectivity index (χ1n) is 8.55. The predicted octanol–water partition coefficient (Wildman–Crippen LogP) is 2.46. The summed E-state index contributed by atoms with van der Waals surface area (Å²) in [6.45, 7) is 12.4. The molecule has 1 rings (SSSR count). The van der Waals surface area contributed by atoms with Crippen LogP contribution in [0.1, 0.15) is 53.4 Å². The van der Waals surface area contributed by atoms with E-state index in [2.05, 4.69) is 32.6 Å². The highest BCUT2D eigenvalue weighted by atomic mass is 16.4. The van der Waals surface area contributed by atoms with Crippen LogP contribution in [0.4, 0.5) is 0 Å². The molecule has 0 radical (unpaired) electrons. The Morgan fingerprint density at radius 3 is 2.27 bits per heavy atom. The molecule has 1 aliphatic heterocycles. The van der Waals surface area contributed by atoms with E-state index < -0.39 is 12.0 Å². The van der Waals surface area contributed by atoms with E-state index in [0.29, 0.717) is 31.2 Å². The van der Waals surface area contributed by atoms with Gasteiger partial charge in [0.25, 0.3) is 0 Å². The number of nitrogens with zero attached hydrogens (tertiary/aromatic N) is 2. The van der Waals surface area contributed by atoms with Gasteiger partial charge in [0.2, 0.25) is 5.91 Å². The van der Waals surface area contributed by atoms with Crippen LogP contribution in [0, 0.1) is 11.8 Å². The summed E-state index contributed by atoms with van der Waals surface area (Å²) >= 11 is 0. The number of carboxylic acids is 1. The molecule has 1 amide bonds. The quantitative estimate of drug-likeness (QED) is 0.710. The maximum atomic E-state index is 12.2. The number of likely N-dealkylation sites (tertiary alicyclic amines) is 1. The fourth-order valence-corrected chi connectivity index (χ4v) is 3.21. The SMILES string of the molecule is CC(C)CN(CCCC(=O)N1CCCC1C(=O)O)CC(C)C. The van der Waals surface area contributed by atoms with Crippen molar-refractivity contribution in [1.29, 1.82) is 0 Å². The van der Waals surface area contributed by atoms with Crippen LogP contribution in [0.15, 0.2) is 0 Å². The molecule has 0 spiro atoms. The molecule has 1 atom stereocenters. The second-order valence-electron chi connectivity index (χ2n) is 7.23. The normalized spacial score (nSPS) is 18.7. The summed E-state index contributed by atoms with van der Waals surface area (Å²) in [4.78, 5) is 27.3. The molecule has 1 heterocycles. The van der Waals surface area contributed by atoms with Gasteiger partial charge in [-0.1, -0.05) is 27.7 Å². The Bertz CT molecular complexity index is 359. The minimum atomic E-state index is -0.868. The highest BCUT2D eigenvalue weighted by molar-refractivity contribution is 5.84. The minimum Gasteiger partial charge on any atom is -0.480 e. The molecule has 5 heteroatoms. The van der Waals surface area contributed by atoms with Gasteiger partial charge in [0.1, 0.15) is 6.04 Å². The Morgan fingerprint density at radius 1 is 1.18 bits per heavy atom. The lowest BCUT2D eigenvalue weighted by Crippen LogP contribution is -2.40. The van der Waals surface area contributed by atoms with Crippen molar-refractivity contribution in [2.75, 3.05) is 26.2 Å². The van der Waals surface area contributed by atoms with Gasteiger partial charge in [0, 0.05) is 26.1 Å². The van der Waals surface area contributed by atoms with Gasteiger partial charge in [-0.05, 0) is 37.6 Å². The molecule has 1 fully saturated rings. The van der Waals surface area contributed by atoms with E-state index in [0.717, 1.165) is 32.5 Å². The van der Waals surface area contributed by atoms with Crippen LogP contribution in [0.2, 0.25) is 0 Å². The van der Waals surface area contributed by atoms with Crippen molar-refractivity contribution in [2.45, 2.75) is 59.4 Å². The topological polar surface area (TPSA) is 60.9 Å². The van der Waals surface area contributed by atoms with E-state index >= 15 is 0 Å². The Balaban J connectivity index is 2.40. The molecule has 0 aromatic heterocycles. The minimum absolute atomic E-state index is 0.000978. The summed E-state index contributed by atoms with van der Waals surface area (Å²) in [5.74, 6) is 0.361. The fraction of sp³-hybridized carbons (Fsp3) is 0.882. The summed E-state index contributed by atoms with van der Waals surface area (Å²) in [7, 11) is 0. The van der Waals surface area contributed by atoms with Gasteiger partial charge < -0.3 is 14.9 Å². The number of carbonyl (C=O) groups excluding carboxylic acids is 1. The lowest BCUT2D eigenvalue weighted by Gasteiger charge is -2.26. The third-order valence-corrected chi connectivity index (χ3v) is 3.97. The van der Waals surface area contributed by atoms with Crippen LogP contribution >= 0.6 is 0 Å². The molecule has 0 bridgehead atoms. The molecular weight excluding hydrogens is 280 g/mol. The van der Waals surface area contributed by atoms with Crippen molar-refractivity contribution in [3.63, 3.8) is 0 Å². The van der Waals surface area contributed by atoms with Crippen molar-refractivity contribution in [3.8, 4) is 0 Å². The van der Waals surface area contributed by atoms with Crippen molar-refractivity contribution >= 4 is 11.9 Å². The van der Waals surface area contributed by atoms with Crippen LogP contribution in [0.3, 0.4) is 0 Å². The highest BCUT2D eigenvalue weighted by Crippen LogP contribution is 2.19. The van der Waals surface area contributed by atoms with Crippen LogP contribution in [-0.2, 0) is 9.59 Å². The molecule has 22 heavy (non-hydrogen) atoms. The van der Waals surface area contributed by atoms with Gasteiger partial charge in [-0.2, -0.15) is 0 Å². The number of carbonyl (C=O) groups is 2. The summed E-state index contributed by atoms with van der Waals surface area (Å²) < 4.78 is 0. The summed E-state index contributed by atoms with van der Waals surface area (Å²) in [5, 5.41) is 9.14. The molecule has 0 aromatic carbocycles. The molecular formula is C17H32N2O3. The Labute approximate surface area is 134 Å². The average molecular weight is 312 g/mol. The third-order valence-electron chi connectivity index (χ3n) is 3.97. The maximum absolute atomic E-state index is 12.2. The van der Waals surface area contributed by atoms with E-state index in [4.69, 9.17) is 5.11 Å². The lowest BCUT2D eigenvalue weighted by molar-refractivity contribution is -0.148. The molecule has 0 saturated carbocycles. The third kappa shape index (κ3) is 6.34. The molecule has 1 saturated heterocycles. The molecule has 5 nitrogen and oxygen atoms in total. The second kappa shape index (κ2) is 9.13. The van der Waals surface area contributed by atoms with Crippen LogP contribution < -0.4 is 0 Å². The maximum Gasteiger partial charge on any atom is 0.326 e. The first kappa shape index (κ1) is 18.9. The number of hydrogen-bond acceptors (Lipinski definition) is 3. The molecule has 128 valence electrons. The average Bonchev–Trinajstić information content (AvgIpc) is 2.86. The van der Waals surface area contributed by atoms with E-state index in [1.54, 1.807) is 4.90 Å². The Morgan fingerprint density at radius 2 is 1.77 bits per heavy atom. The molecule has 0 aromatic rings. The largest absolute Gasteiger partial charge is 0.480 e. The van der Waals surface area contributed by atoms with Crippen molar-refractivity contribution < 1.29 is 14.7 Å². The number of hydrogen-bond donors (Lipinski definition) is 1. The van der Waals surface area contributed by atoms with Gasteiger partial charge in [-0.3, -0.25) is 4.79 Å². The van der Waals surface area contributed by atoms with Crippen LogP contribution in [0.5, 0.6) is 0 Å². The summed E-state index contributed by atoms with van der Waals surface area (Å²) in [6, 6.07) is -0.602. The number of rotatable bonds is 9. The van der Waals surface area contributed by atoms with E-state index in [1.807, 2.05) is 0 Å². The summed E-state index contributed by atoms with van der Waals surface area (Å²) in [5.41, 5.74) is 0. The lowest BCUT2D eigenvalue weighted by atomic mass is 10.1. The number of carboxylic acid groups (broad SMARTS) is 1. The van der Waals surface area contributed by atoms with Crippen molar-refractivity contribution in [2.24, 2.45) is 11.8 Å². The Kier molecular flexibility index (Phi) is 7.87. The van der Waals surface area contributed by atoms with E-state index in [-0.39, 0.29) is 5.91 Å². The monoisotopic (exact) mass is 312 g/mol. The first-order chi connectivity index (χ1) is 10.3. The Hall–Kier alpha value is -1.10. The van der Waals surface area contributed by atoms with Gasteiger partial charge in [0.05, 0.1) is 0 Å². The number of amides is 1. The smallest absolute Gasteiger partial charge is 0.326 e. The second-order valence-corrected chi connectivity index (χ2v) is 7.23. The number of aliphatic carboxylic acids is 1. The first-order valence-corrected chi connectivity index (χ1v) is 8.55.